The molecular formula is C17H22N2O4S. The molecule has 24 heavy (non-hydrogen) atoms. The number of carbonyl (C=O) groups excluding carboxylic acids is 1. The Labute approximate surface area is 142 Å². The van der Waals surface area contributed by atoms with Crippen molar-refractivity contribution in [1.82, 2.24) is 4.90 Å². The number of nitrogens with zero attached hydrogens (tertiary/aromatic N) is 2. The number of carbonyl (C=O) groups is 1. The van der Waals surface area contributed by atoms with E-state index in [2.05, 4.69) is 0 Å². The van der Waals surface area contributed by atoms with Gasteiger partial charge in [-0.25, -0.2) is 8.42 Å². The first kappa shape index (κ1) is 18.3. The first-order valence-electron chi connectivity index (χ1n) is 8.01. The number of hydrogen-bond acceptors (Lipinski definition) is 5. The molecule has 2 rings (SSSR count). The van der Waals surface area contributed by atoms with E-state index < -0.39 is 9.84 Å². The van der Waals surface area contributed by atoms with Gasteiger partial charge in [-0.2, -0.15) is 5.26 Å². The molecule has 0 radical (unpaired) electrons. The molecule has 130 valence electrons. The third-order valence-electron chi connectivity index (χ3n) is 4.30. The standard InChI is InChI=1S/C17H22N2O4S/c1-3-13(2)19(15-8-9-24(21,22)12-15)17(20)11-23-16-6-4-14(10-18)5-7-16/h4-7,13,15H,3,8-9,11-12H2,1-2H3/t13-,15-/m1/s1. The molecule has 0 N–H and O–H groups in total. The van der Waals surface area contributed by atoms with E-state index in [1.165, 1.54) is 0 Å². The Kier molecular flexibility index (Phi) is 5.84. The van der Waals surface area contributed by atoms with Crippen LogP contribution in [0.4, 0.5) is 0 Å². The Hall–Kier alpha value is -2.07. The van der Waals surface area contributed by atoms with E-state index in [1.807, 2.05) is 19.9 Å². The quantitative estimate of drug-likeness (QED) is 0.780. The fourth-order valence-corrected chi connectivity index (χ4v) is 4.56. The lowest BCUT2D eigenvalue weighted by atomic mass is 10.1. The zero-order chi connectivity index (χ0) is 17.7. The smallest absolute Gasteiger partial charge is 0.261 e. The molecule has 1 aliphatic rings. The largest absolute Gasteiger partial charge is 0.484 e. The molecule has 1 heterocycles. The van der Waals surface area contributed by atoms with Crippen molar-refractivity contribution >= 4 is 15.7 Å². The van der Waals surface area contributed by atoms with Crippen LogP contribution >= 0.6 is 0 Å². The monoisotopic (exact) mass is 350 g/mol. The lowest BCUT2D eigenvalue weighted by molar-refractivity contribution is -0.137. The second kappa shape index (κ2) is 7.67. The van der Waals surface area contributed by atoms with Crippen LogP contribution in [0, 0.1) is 11.3 Å². The Balaban J connectivity index is 2.03. The number of sulfone groups is 1. The molecule has 1 amide bonds. The van der Waals surface area contributed by atoms with Crippen LogP contribution in [-0.2, 0) is 14.6 Å². The van der Waals surface area contributed by atoms with E-state index in [-0.39, 0.29) is 36.1 Å². The maximum Gasteiger partial charge on any atom is 0.261 e. The second-order valence-electron chi connectivity index (χ2n) is 6.04. The van der Waals surface area contributed by atoms with Crippen molar-refractivity contribution in [3.8, 4) is 11.8 Å². The molecule has 0 aliphatic carbocycles. The fraction of sp³-hybridized carbons (Fsp3) is 0.529. The van der Waals surface area contributed by atoms with Gasteiger partial charge in [0.05, 0.1) is 23.1 Å². The van der Waals surface area contributed by atoms with Crippen molar-refractivity contribution in [3.05, 3.63) is 29.8 Å². The van der Waals surface area contributed by atoms with Crippen molar-refractivity contribution < 1.29 is 17.9 Å². The number of ether oxygens (including phenoxy) is 1. The third-order valence-corrected chi connectivity index (χ3v) is 6.05. The summed E-state index contributed by atoms with van der Waals surface area (Å²) in [5.74, 6) is 0.454. The summed E-state index contributed by atoms with van der Waals surface area (Å²) < 4.78 is 29.0. The molecule has 0 saturated carbocycles. The molecule has 0 bridgehead atoms. The highest BCUT2D eigenvalue weighted by atomic mass is 32.2. The van der Waals surface area contributed by atoms with Gasteiger partial charge in [0, 0.05) is 12.1 Å². The number of amides is 1. The number of benzene rings is 1. The predicted octanol–water partition coefficient (Wildman–Crippen LogP) is 1.75. The summed E-state index contributed by atoms with van der Waals surface area (Å²) in [6, 6.07) is 8.22. The highest BCUT2D eigenvalue weighted by molar-refractivity contribution is 7.91. The molecule has 2 atom stereocenters. The Morgan fingerprint density at radius 1 is 1.42 bits per heavy atom. The Bertz CT molecular complexity index is 722. The van der Waals surface area contributed by atoms with Crippen molar-refractivity contribution in [3.63, 3.8) is 0 Å². The summed E-state index contributed by atoms with van der Waals surface area (Å²) in [5.41, 5.74) is 0.520. The second-order valence-corrected chi connectivity index (χ2v) is 8.27. The Morgan fingerprint density at radius 2 is 2.08 bits per heavy atom. The van der Waals surface area contributed by atoms with E-state index in [0.29, 0.717) is 17.7 Å². The van der Waals surface area contributed by atoms with Crippen LogP contribution in [0.2, 0.25) is 0 Å². The van der Waals surface area contributed by atoms with Gasteiger partial charge in [0.15, 0.2) is 16.4 Å². The van der Waals surface area contributed by atoms with Gasteiger partial charge in [0.1, 0.15) is 5.75 Å². The minimum atomic E-state index is -3.06. The Morgan fingerprint density at radius 3 is 2.58 bits per heavy atom. The van der Waals surface area contributed by atoms with Crippen molar-refractivity contribution in [2.75, 3.05) is 18.1 Å². The van der Waals surface area contributed by atoms with Crippen LogP contribution in [0.15, 0.2) is 24.3 Å². The average molecular weight is 350 g/mol. The molecule has 6 nitrogen and oxygen atoms in total. The molecule has 7 heteroatoms. The molecule has 0 spiro atoms. The van der Waals surface area contributed by atoms with E-state index >= 15 is 0 Å². The molecular weight excluding hydrogens is 328 g/mol. The fourth-order valence-electron chi connectivity index (χ4n) is 2.85. The summed E-state index contributed by atoms with van der Waals surface area (Å²) in [7, 11) is -3.06. The van der Waals surface area contributed by atoms with E-state index in [0.717, 1.165) is 6.42 Å². The van der Waals surface area contributed by atoms with Crippen LogP contribution < -0.4 is 4.74 Å². The lowest BCUT2D eigenvalue weighted by Crippen LogP contribution is -2.48. The number of rotatable bonds is 6. The first-order chi connectivity index (χ1) is 11.4. The maximum absolute atomic E-state index is 12.6. The molecule has 1 saturated heterocycles. The van der Waals surface area contributed by atoms with E-state index in [4.69, 9.17) is 10.00 Å². The van der Waals surface area contributed by atoms with Crippen LogP contribution in [-0.4, -0.2) is 49.4 Å². The normalized spacial score (nSPS) is 20.1. The van der Waals surface area contributed by atoms with Gasteiger partial charge < -0.3 is 9.64 Å². The zero-order valence-corrected chi connectivity index (χ0v) is 14.8. The molecule has 1 aromatic carbocycles. The van der Waals surface area contributed by atoms with Crippen molar-refractivity contribution in [2.45, 2.75) is 38.8 Å². The van der Waals surface area contributed by atoms with Gasteiger partial charge in [-0.05, 0) is 44.0 Å². The minimum Gasteiger partial charge on any atom is -0.484 e. The maximum atomic E-state index is 12.6. The number of hydrogen-bond donors (Lipinski definition) is 0. The highest BCUT2D eigenvalue weighted by Gasteiger charge is 2.36. The lowest BCUT2D eigenvalue weighted by Gasteiger charge is -2.33. The minimum absolute atomic E-state index is 0.0277. The highest BCUT2D eigenvalue weighted by Crippen LogP contribution is 2.22. The predicted molar refractivity (Wildman–Crippen MR) is 90.3 cm³/mol. The first-order valence-corrected chi connectivity index (χ1v) is 9.83. The zero-order valence-electron chi connectivity index (χ0n) is 13.9. The van der Waals surface area contributed by atoms with Crippen LogP contribution in [0.25, 0.3) is 0 Å². The summed E-state index contributed by atoms with van der Waals surface area (Å²) in [4.78, 5) is 14.3. The van der Waals surface area contributed by atoms with Gasteiger partial charge in [0.2, 0.25) is 0 Å². The van der Waals surface area contributed by atoms with E-state index in [9.17, 15) is 13.2 Å². The van der Waals surface area contributed by atoms with Crippen LogP contribution in [0.5, 0.6) is 5.75 Å². The number of nitriles is 1. The van der Waals surface area contributed by atoms with Crippen LogP contribution in [0.1, 0.15) is 32.3 Å². The molecule has 0 aromatic heterocycles. The van der Waals surface area contributed by atoms with Gasteiger partial charge >= 0.3 is 0 Å². The molecule has 0 unspecified atom stereocenters. The summed E-state index contributed by atoms with van der Waals surface area (Å²) in [6.07, 6.45) is 1.23. The summed E-state index contributed by atoms with van der Waals surface area (Å²) >= 11 is 0. The average Bonchev–Trinajstić information content (AvgIpc) is 2.92. The summed E-state index contributed by atoms with van der Waals surface area (Å²) in [5, 5.41) is 8.77. The van der Waals surface area contributed by atoms with Gasteiger partial charge in [-0.15, -0.1) is 0 Å². The molecule has 1 fully saturated rings. The van der Waals surface area contributed by atoms with Gasteiger partial charge in [-0.1, -0.05) is 6.92 Å². The third kappa shape index (κ3) is 4.48. The molecule has 1 aliphatic heterocycles. The van der Waals surface area contributed by atoms with Crippen molar-refractivity contribution in [1.29, 1.82) is 5.26 Å². The van der Waals surface area contributed by atoms with Gasteiger partial charge in [0.25, 0.3) is 5.91 Å². The topological polar surface area (TPSA) is 87.5 Å². The van der Waals surface area contributed by atoms with E-state index in [1.54, 1.807) is 29.2 Å². The molecule has 1 aromatic rings. The van der Waals surface area contributed by atoms with Gasteiger partial charge in [-0.3, -0.25) is 4.79 Å². The van der Waals surface area contributed by atoms with Crippen molar-refractivity contribution in [2.24, 2.45) is 0 Å². The SMILES string of the molecule is CC[C@@H](C)N(C(=O)COc1ccc(C#N)cc1)[C@@H]1CCS(=O)(=O)C1. The van der Waals surface area contributed by atoms with Crippen LogP contribution in [0.3, 0.4) is 0 Å². The summed E-state index contributed by atoms with van der Waals surface area (Å²) in [6.45, 7) is 3.74.